The van der Waals surface area contributed by atoms with E-state index in [2.05, 4.69) is 9.88 Å². The number of hydrogen-bond donors (Lipinski definition) is 0. The van der Waals surface area contributed by atoms with Crippen molar-refractivity contribution in [2.75, 3.05) is 26.2 Å². The van der Waals surface area contributed by atoms with Crippen molar-refractivity contribution in [1.82, 2.24) is 14.8 Å². The van der Waals surface area contributed by atoms with Crippen LogP contribution in [0.1, 0.15) is 23.2 Å². The van der Waals surface area contributed by atoms with E-state index in [0.717, 1.165) is 39.0 Å². The maximum absolute atomic E-state index is 13.6. The highest BCUT2D eigenvalue weighted by atomic mass is 19.1. The van der Waals surface area contributed by atoms with Crippen LogP contribution in [-0.4, -0.2) is 59.0 Å². The maximum Gasteiger partial charge on any atom is 0.253 e. The Balaban J connectivity index is 1.24. The molecule has 0 radical (unpaired) electrons. The van der Waals surface area contributed by atoms with E-state index < -0.39 is 0 Å². The Labute approximate surface area is 152 Å². The second-order valence-electron chi connectivity index (χ2n) is 6.88. The molecule has 6 heteroatoms. The topological polar surface area (TPSA) is 45.7 Å². The van der Waals surface area contributed by atoms with E-state index in [4.69, 9.17) is 4.74 Å². The van der Waals surface area contributed by atoms with Crippen molar-refractivity contribution < 1.29 is 13.9 Å². The zero-order valence-corrected chi connectivity index (χ0v) is 14.6. The maximum atomic E-state index is 13.6. The van der Waals surface area contributed by atoms with Crippen molar-refractivity contribution in [2.24, 2.45) is 0 Å². The lowest BCUT2D eigenvalue weighted by Crippen LogP contribution is -2.60. The van der Waals surface area contributed by atoms with E-state index in [0.29, 0.717) is 17.4 Å². The lowest BCUT2D eigenvalue weighted by molar-refractivity contribution is -0.0263. The second-order valence-corrected chi connectivity index (χ2v) is 6.88. The van der Waals surface area contributed by atoms with Gasteiger partial charge in [0.1, 0.15) is 6.10 Å². The van der Waals surface area contributed by atoms with Crippen LogP contribution < -0.4 is 4.74 Å². The smallest absolute Gasteiger partial charge is 0.253 e. The summed E-state index contributed by atoms with van der Waals surface area (Å²) in [7, 11) is 0. The molecule has 0 unspecified atom stereocenters. The van der Waals surface area contributed by atoms with Gasteiger partial charge in [-0.3, -0.25) is 14.7 Å². The molecule has 0 atom stereocenters. The molecular formula is C20H22FN3O2. The molecule has 2 fully saturated rings. The summed E-state index contributed by atoms with van der Waals surface area (Å²) in [5.74, 6) is 0.0963. The minimum atomic E-state index is -0.311. The number of aromatic nitrogens is 1. The minimum absolute atomic E-state index is 0.0448. The first kappa shape index (κ1) is 17.0. The Bertz CT molecular complexity index is 757. The number of ether oxygens (including phenoxy) is 1. The lowest BCUT2D eigenvalue weighted by Gasteiger charge is -2.46. The number of carbonyl (C=O) groups excluding carboxylic acids is 1. The van der Waals surface area contributed by atoms with Gasteiger partial charge in [-0.15, -0.1) is 0 Å². The summed E-state index contributed by atoms with van der Waals surface area (Å²) in [6.45, 7) is 3.16. The van der Waals surface area contributed by atoms with E-state index in [1.807, 2.05) is 4.90 Å². The van der Waals surface area contributed by atoms with Crippen LogP contribution in [0, 0.1) is 5.82 Å². The molecule has 2 aliphatic rings. The molecule has 1 aromatic heterocycles. The van der Waals surface area contributed by atoms with Crippen molar-refractivity contribution in [3.8, 4) is 5.75 Å². The summed E-state index contributed by atoms with van der Waals surface area (Å²) in [5.41, 5.74) is 0.695. The summed E-state index contributed by atoms with van der Waals surface area (Å²) >= 11 is 0. The fraction of sp³-hybridized carbons (Fsp3) is 0.400. The van der Waals surface area contributed by atoms with Crippen LogP contribution in [0.2, 0.25) is 0 Å². The van der Waals surface area contributed by atoms with Crippen molar-refractivity contribution in [1.29, 1.82) is 0 Å². The fourth-order valence-corrected chi connectivity index (χ4v) is 3.67. The van der Waals surface area contributed by atoms with Gasteiger partial charge in [-0.25, -0.2) is 4.39 Å². The first-order valence-electron chi connectivity index (χ1n) is 9.05. The van der Waals surface area contributed by atoms with Crippen molar-refractivity contribution in [3.05, 3.63) is 60.2 Å². The Hall–Kier alpha value is -2.47. The Morgan fingerprint density at radius 2 is 1.77 bits per heavy atom. The van der Waals surface area contributed by atoms with Crippen molar-refractivity contribution in [3.63, 3.8) is 0 Å². The van der Waals surface area contributed by atoms with E-state index in [1.54, 1.807) is 42.7 Å². The molecule has 1 amide bonds. The highest BCUT2D eigenvalue weighted by molar-refractivity contribution is 5.94. The first-order chi connectivity index (χ1) is 12.7. The molecule has 0 bridgehead atoms. The molecule has 4 rings (SSSR count). The van der Waals surface area contributed by atoms with Gasteiger partial charge in [0.05, 0.1) is 0 Å². The van der Waals surface area contributed by atoms with Crippen LogP contribution in [-0.2, 0) is 0 Å². The van der Waals surface area contributed by atoms with Crippen molar-refractivity contribution in [2.45, 2.75) is 25.0 Å². The standard InChI is InChI=1S/C20H22FN3O2/c21-18-3-1-2-4-19(18)26-17-13-24(14-17)16-7-11-23(12-8-16)20(25)15-5-9-22-10-6-15/h1-6,9-10,16-17H,7-8,11-14H2. The summed E-state index contributed by atoms with van der Waals surface area (Å²) < 4.78 is 19.4. The largest absolute Gasteiger partial charge is 0.485 e. The van der Waals surface area contributed by atoms with Crippen molar-refractivity contribution >= 4 is 5.91 Å². The van der Waals surface area contributed by atoms with Gasteiger partial charge in [0.15, 0.2) is 11.6 Å². The van der Waals surface area contributed by atoms with Gasteiger partial charge in [-0.1, -0.05) is 12.1 Å². The molecule has 3 heterocycles. The van der Waals surface area contributed by atoms with Gasteiger partial charge in [-0.05, 0) is 37.1 Å². The monoisotopic (exact) mass is 355 g/mol. The van der Waals surface area contributed by atoms with Gasteiger partial charge in [0.2, 0.25) is 0 Å². The van der Waals surface area contributed by atoms with Gasteiger partial charge < -0.3 is 9.64 Å². The van der Waals surface area contributed by atoms with E-state index in [9.17, 15) is 9.18 Å². The number of amides is 1. The van der Waals surface area contributed by atoms with Gasteiger partial charge in [0, 0.05) is 50.2 Å². The number of hydrogen-bond acceptors (Lipinski definition) is 4. The molecule has 0 saturated carbocycles. The second kappa shape index (κ2) is 7.41. The number of nitrogens with zero attached hydrogens (tertiary/aromatic N) is 3. The molecule has 0 spiro atoms. The van der Waals surface area contributed by atoms with Crippen LogP contribution in [0.5, 0.6) is 5.75 Å². The molecule has 26 heavy (non-hydrogen) atoms. The van der Waals surface area contributed by atoms with Gasteiger partial charge >= 0.3 is 0 Å². The van der Waals surface area contributed by atoms with E-state index in [-0.39, 0.29) is 17.8 Å². The molecule has 0 N–H and O–H groups in total. The Kier molecular flexibility index (Phi) is 4.84. The summed E-state index contributed by atoms with van der Waals surface area (Å²) in [6, 6.07) is 10.5. The zero-order chi connectivity index (χ0) is 17.9. The number of benzene rings is 1. The highest BCUT2D eigenvalue weighted by Crippen LogP contribution is 2.26. The average molecular weight is 355 g/mol. The zero-order valence-electron chi connectivity index (χ0n) is 14.6. The highest BCUT2D eigenvalue weighted by Gasteiger charge is 2.36. The third-order valence-corrected chi connectivity index (χ3v) is 5.20. The lowest BCUT2D eigenvalue weighted by atomic mass is 9.98. The molecule has 1 aromatic carbocycles. The van der Waals surface area contributed by atoms with Gasteiger partial charge in [-0.2, -0.15) is 0 Å². The quantitative estimate of drug-likeness (QED) is 0.846. The van der Waals surface area contributed by atoms with Crippen LogP contribution in [0.3, 0.4) is 0 Å². The third kappa shape index (κ3) is 3.55. The number of rotatable bonds is 4. The van der Waals surface area contributed by atoms with E-state index >= 15 is 0 Å². The van der Waals surface area contributed by atoms with Crippen LogP contribution in [0.25, 0.3) is 0 Å². The summed E-state index contributed by atoms with van der Waals surface area (Å²) in [6.07, 6.45) is 5.27. The number of para-hydroxylation sites is 1. The fourth-order valence-electron chi connectivity index (χ4n) is 3.67. The SMILES string of the molecule is O=C(c1ccncc1)N1CCC(N2CC(Oc3ccccc3F)C2)CC1. The van der Waals surface area contributed by atoms with Crippen LogP contribution >= 0.6 is 0 Å². The summed E-state index contributed by atoms with van der Waals surface area (Å²) in [4.78, 5) is 20.7. The number of piperidine rings is 1. The first-order valence-corrected chi connectivity index (χ1v) is 9.05. The Morgan fingerprint density at radius 3 is 2.46 bits per heavy atom. The molecule has 136 valence electrons. The molecule has 2 saturated heterocycles. The van der Waals surface area contributed by atoms with E-state index in [1.165, 1.54) is 6.07 Å². The predicted octanol–water partition coefficient (Wildman–Crippen LogP) is 2.59. The molecule has 2 aliphatic heterocycles. The number of likely N-dealkylation sites (tertiary alicyclic amines) is 2. The minimum Gasteiger partial charge on any atom is -0.485 e. The summed E-state index contributed by atoms with van der Waals surface area (Å²) in [5, 5.41) is 0. The number of carbonyl (C=O) groups is 1. The predicted molar refractivity (Wildman–Crippen MR) is 95.6 cm³/mol. The molecule has 0 aliphatic carbocycles. The van der Waals surface area contributed by atoms with Crippen LogP contribution in [0.15, 0.2) is 48.8 Å². The average Bonchev–Trinajstić information content (AvgIpc) is 2.66. The normalized spacial score (nSPS) is 19.2. The molecule has 5 nitrogen and oxygen atoms in total. The number of pyridine rings is 1. The van der Waals surface area contributed by atoms with Crippen LogP contribution in [0.4, 0.5) is 4.39 Å². The third-order valence-electron chi connectivity index (χ3n) is 5.20. The van der Waals surface area contributed by atoms with Gasteiger partial charge in [0.25, 0.3) is 5.91 Å². The Morgan fingerprint density at radius 1 is 1.08 bits per heavy atom. The molecular weight excluding hydrogens is 333 g/mol. The molecule has 2 aromatic rings. The number of halogens is 1.